The van der Waals surface area contributed by atoms with Crippen molar-refractivity contribution in [1.29, 1.82) is 0 Å². The maximum atomic E-state index is 13.5. The number of methoxy groups -OCH3 is 2. The molecule has 0 aliphatic carbocycles. The highest BCUT2D eigenvalue weighted by atomic mass is 19.1. The summed E-state index contributed by atoms with van der Waals surface area (Å²) in [5.41, 5.74) is 3.50. The van der Waals surface area contributed by atoms with Crippen molar-refractivity contribution < 1.29 is 18.3 Å². The van der Waals surface area contributed by atoms with Crippen LogP contribution in [0, 0.1) is 11.6 Å². The lowest BCUT2D eigenvalue weighted by Crippen LogP contribution is -2.25. The molecule has 2 N–H and O–H groups in total. The van der Waals surface area contributed by atoms with Gasteiger partial charge in [-0.05, 0) is 83.9 Å². The first-order valence-corrected chi connectivity index (χ1v) is 10.9. The summed E-state index contributed by atoms with van der Waals surface area (Å²) in [6, 6.07) is 27.5. The fraction of sp³-hybridized carbons (Fsp3) is 0.143. The van der Waals surface area contributed by atoms with Gasteiger partial charge in [0.25, 0.3) is 0 Å². The first-order chi connectivity index (χ1) is 16.6. The number of hydrogen-bond acceptors (Lipinski definition) is 4. The summed E-state index contributed by atoms with van der Waals surface area (Å²) in [5.74, 6) is 0.888. The smallest absolute Gasteiger partial charge is 0.123 e. The highest BCUT2D eigenvalue weighted by Crippen LogP contribution is 2.36. The van der Waals surface area contributed by atoms with Gasteiger partial charge in [0.1, 0.15) is 23.1 Å². The van der Waals surface area contributed by atoms with Crippen LogP contribution in [0.4, 0.5) is 20.2 Å². The van der Waals surface area contributed by atoms with E-state index in [1.54, 1.807) is 38.5 Å². The molecular weight excluding hydrogens is 434 g/mol. The van der Waals surface area contributed by atoms with E-state index in [1.165, 1.54) is 24.3 Å². The Balaban J connectivity index is 1.78. The van der Waals surface area contributed by atoms with Gasteiger partial charge in [-0.2, -0.15) is 0 Å². The van der Waals surface area contributed by atoms with Crippen molar-refractivity contribution in [3.63, 3.8) is 0 Å². The van der Waals surface area contributed by atoms with Crippen molar-refractivity contribution in [2.75, 3.05) is 24.9 Å². The summed E-state index contributed by atoms with van der Waals surface area (Å²) in [6.45, 7) is 0. The molecular formula is C28H26F2N2O2. The number of nitrogens with one attached hydrogen (secondary N) is 2. The number of ether oxygens (including phenoxy) is 2. The molecule has 6 heteroatoms. The highest BCUT2D eigenvalue weighted by Gasteiger charge is 2.26. The van der Waals surface area contributed by atoms with Gasteiger partial charge in [-0.3, -0.25) is 0 Å². The summed E-state index contributed by atoms with van der Waals surface area (Å²) in [6.07, 6.45) is 0. The van der Waals surface area contributed by atoms with Crippen LogP contribution in [0.2, 0.25) is 0 Å². The zero-order valence-corrected chi connectivity index (χ0v) is 19.0. The van der Waals surface area contributed by atoms with Crippen molar-refractivity contribution in [3.8, 4) is 11.5 Å². The monoisotopic (exact) mass is 460 g/mol. The quantitative estimate of drug-likeness (QED) is 0.283. The molecule has 0 aliphatic heterocycles. The minimum atomic E-state index is -0.303. The molecule has 0 saturated carbocycles. The molecule has 0 unspecified atom stereocenters. The van der Waals surface area contributed by atoms with E-state index in [9.17, 15) is 8.78 Å². The maximum Gasteiger partial charge on any atom is 0.123 e. The topological polar surface area (TPSA) is 42.5 Å². The van der Waals surface area contributed by atoms with Crippen LogP contribution in [0.15, 0.2) is 97.1 Å². The Hall–Kier alpha value is -4.06. The van der Waals surface area contributed by atoms with Crippen molar-refractivity contribution in [3.05, 3.63) is 120 Å². The van der Waals surface area contributed by atoms with Gasteiger partial charge >= 0.3 is 0 Å². The molecule has 0 spiro atoms. The van der Waals surface area contributed by atoms with Gasteiger partial charge in [0.15, 0.2) is 0 Å². The van der Waals surface area contributed by atoms with Crippen molar-refractivity contribution in [2.45, 2.75) is 12.1 Å². The fourth-order valence-corrected chi connectivity index (χ4v) is 3.79. The van der Waals surface area contributed by atoms with E-state index in [0.29, 0.717) is 0 Å². The molecule has 174 valence electrons. The summed E-state index contributed by atoms with van der Waals surface area (Å²) in [7, 11) is 3.25. The lowest BCUT2D eigenvalue weighted by atomic mass is 9.92. The molecule has 34 heavy (non-hydrogen) atoms. The third-order valence-corrected chi connectivity index (χ3v) is 5.62. The number of hydrogen-bond donors (Lipinski definition) is 2. The number of benzene rings is 4. The third kappa shape index (κ3) is 5.64. The molecule has 4 nitrogen and oxygen atoms in total. The van der Waals surface area contributed by atoms with E-state index in [2.05, 4.69) is 10.6 Å². The predicted molar refractivity (Wildman–Crippen MR) is 132 cm³/mol. The van der Waals surface area contributed by atoms with Gasteiger partial charge < -0.3 is 20.1 Å². The molecule has 4 aromatic rings. The molecule has 2 atom stereocenters. The standard InChI is InChI=1S/C28H26F2N2O2/c1-33-25-15-3-19(4-16-25)27(31-23-11-7-21(29)8-12-23)28(20-5-17-26(34-2)18-6-20)32-24-13-9-22(30)10-14-24/h3-18,27-28,31-32H,1-2H3/t27-,28-/m1/s1. The van der Waals surface area contributed by atoms with Crippen LogP contribution in [0.5, 0.6) is 11.5 Å². The largest absolute Gasteiger partial charge is 0.497 e. The zero-order chi connectivity index (χ0) is 23.9. The van der Waals surface area contributed by atoms with Gasteiger partial charge in [0.05, 0.1) is 26.3 Å². The van der Waals surface area contributed by atoms with Gasteiger partial charge in [-0.25, -0.2) is 8.78 Å². The van der Waals surface area contributed by atoms with E-state index < -0.39 is 0 Å². The van der Waals surface area contributed by atoms with Crippen LogP contribution in [0.3, 0.4) is 0 Å². The normalized spacial score (nSPS) is 12.5. The van der Waals surface area contributed by atoms with E-state index in [1.807, 2.05) is 48.5 Å². The second-order valence-corrected chi connectivity index (χ2v) is 7.80. The molecule has 0 bridgehead atoms. The average Bonchev–Trinajstić information content (AvgIpc) is 2.88. The van der Waals surface area contributed by atoms with Gasteiger partial charge in [-0.1, -0.05) is 24.3 Å². The average molecular weight is 461 g/mol. The van der Waals surface area contributed by atoms with E-state index in [0.717, 1.165) is 34.0 Å². The van der Waals surface area contributed by atoms with E-state index in [-0.39, 0.29) is 23.7 Å². The summed E-state index contributed by atoms with van der Waals surface area (Å²) >= 11 is 0. The summed E-state index contributed by atoms with van der Waals surface area (Å²) in [4.78, 5) is 0. The summed E-state index contributed by atoms with van der Waals surface area (Å²) in [5, 5.41) is 7.09. The molecule has 0 amide bonds. The fourth-order valence-electron chi connectivity index (χ4n) is 3.79. The number of halogens is 2. The van der Waals surface area contributed by atoms with Crippen LogP contribution in [0.1, 0.15) is 23.2 Å². The van der Waals surface area contributed by atoms with Crippen molar-refractivity contribution in [2.24, 2.45) is 0 Å². The van der Waals surface area contributed by atoms with Crippen molar-refractivity contribution >= 4 is 11.4 Å². The zero-order valence-electron chi connectivity index (χ0n) is 19.0. The molecule has 0 aliphatic rings. The summed E-state index contributed by atoms with van der Waals surface area (Å²) < 4.78 is 37.8. The van der Waals surface area contributed by atoms with Crippen molar-refractivity contribution in [1.82, 2.24) is 0 Å². The van der Waals surface area contributed by atoms with Crippen LogP contribution in [-0.2, 0) is 0 Å². The molecule has 0 aromatic heterocycles. The number of anilines is 2. The molecule has 0 fully saturated rings. The van der Waals surface area contributed by atoms with Gasteiger partial charge in [-0.15, -0.1) is 0 Å². The Labute approximate surface area is 198 Å². The van der Waals surface area contributed by atoms with Crippen LogP contribution in [0.25, 0.3) is 0 Å². The minimum absolute atomic E-state index is 0.269. The first kappa shape index (κ1) is 23.1. The lowest BCUT2D eigenvalue weighted by Gasteiger charge is -2.31. The lowest BCUT2D eigenvalue weighted by molar-refractivity contribution is 0.414. The number of rotatable bonds is 9. The Kier molecular flexibility index (Phi) is 7.28. The van der Waals surface area contributed by atoms with Gasteiger partial charge in [0.2, 0.25) is 0 Å². The van der Waals surface area contributed by atoms with Crippen LogP contribution >= 0.6 is 0 Å². The first-order valence-electron chi connectivity index (χ1n) is 10.9. The molecule has 4 aromatic carbocycles. The maximum absolute atomic E-state index is 13.5. The molecule has 0 saturated heterocycles. The molecule has 0 heterocycles. The minimum Gasteiger partial charge on any atom is -0.497 e. The molecule has 4 rings (SSSR count). The second-order valence-electron chi connectivity index (χ2n) is 7.80. The SMILES string of the molecule is COc1ccc([C@@H](Nc2ccc(F)cc2)[C@H](Nc2ccc(F)cc2)c2ccc(OC)cc2)cc1. The molecule has 0 radical (unpaired) electrons. The Bertz CT molecular complexity index is 1080. The Morgan fingerprint density at radius 2 is 0.824 bits per heavy atom. The Morgan fingerprint density at radius 3 is 1.12 bits per heavy atom. The second kappa shape index (κ2) is 10.7. The Morgan fingerprint density at radius 1 is 0.500 bits per heavy atom. The highest BCUT2D eigenvalue weighted by molar-refractivity contribution is 5.52. The predicted octanol–water partition coefficient (Wildman–Crippen LogP) is 6.99. The van der Waals surface area contributed by atoms with Crippen LogP contribution < -0.4 is 20.1 Å². The third-order valence-electron chi connectivity index (χ3n) is 5.62. The van der Waals surface area contributed by atoms with E-state index >= 15 is 0 Å². The van der Waals surface area contributed by atoms with Crippen LogP contribution in [-0.4, -0.2) is 14.2 Å². The van der Waals surface area contributed by atoms with E-state index in [4.69, 9.17) is 9.47 Å². The van der Waals surface area contributed by atoms with Gasteiger partial charge in [0, 0.05) is 11.4 Å².